The van der Waals surface area contributed by atoms with Gasteiger partial charge < -0.3 is 24.3 Å². The Labute approximate surface area is 275 Å². The number of aromatic amines is 1. The number of rotatable bonds is 4. The maximum Gasteiger partial charge on any atom is 0.410 e. The minimum atomic E-state index is -4.80. The third-order valence-corrected chi connectivity index (χ3v) is 9.21. The number of ether oxygens (including phenoxy) is 1. The number of benzene rings is 2. The Kier molecular flexibility index (Phi) is 8.50. The van der Waals surface area contributed by atoms with E-state index in [1.165, 1.54) is 4.90 Å². The summed E-state index contributed by atoms with van der Waals surface area (Å²) in [5.74, 6) is -1.12. The molecule has 3 saturated heterocycles. The fourth-order valence-corrected chi connectivity index (χ4v) is 6.75. The molecule has 0 bridgehead atoms. The van der Waals surface area contributed by atoms with Crippen molar-refractivity contribution in [2.75, 3.05) is 50.8 Å². The minimum absolute atomic E-state index is 0.0558. The van der Waals surface area contributed by atoms with Crippen LogP contribution in [0.25, 0.3) is 10.9 Å². The molecule has 15 heteroatoms. The van der Waals surface area contributed by atoms with E-state index in [1.807, 2.05) is 35.2 Å². The number of hydrogen-bond donors (Lipinski definition) is 1. The summed E-state index contributed by atoms with van der Waals surface area (Å²) in [7, 11) is 0. The van der Waals surface area contributed by atoms with Crippen LogP contribution < -0.4 is 4.90 Å². The van der Waals surface area contributed by atoms with Crippen LogP contribution in [0.4, 0.5) is 23.7 Å². The predicted molar refractivity (Wildman–Crippen MR) is 169 cm³/mol. The molecule has 1 spiro atoms. The number of nitrogens with zero attached hydrogens (tertiary/aromatic N) is 6. The van der Waals surface area contributed by atoms with Crippen molar-refractivity contribution in [1.82, 2.24) is 29.8 Å². The summed E-state index contributed by atoms with van der Waals surface area (Å²) in [5.41, 5.74) is 0.0431. The summed E-state index contributed by atoms with van der Waals surface area (Å²) in [6, 6.07) is 12.3. The average molecular weight is 670 g/mol. The number of alkyl halides is 3. The number of nitrogens with one attached hydrogen (secondary N) is 1. The summed E-state index contributed by atoms with van der Waals surface area (Å²) >= 11 is 0. The lowest BCUT2D eigenvalue weighted by Gasteiger charge is -2.43. The zero-order valence-corrected chi connectivity index (χ0v) is 27.0. The number of aromatic nitrogens is 2. The number of para-hydroxylation sites is 1. The van der Waals surface area contributed by atoms with Crippen LogP contribution in [-0.2, 0) is 14.3 Å². The Morgan fingerprint density at radius 1 is 0.979 bits per heavy atom. The van der Waals surface area contributed by atoms with Gasteiger partial charge in [-0.3, -0.25) is 24.4 Å². The average Bonchev–Trinajstić information content (AvgIpc) is 3.62. The van der Waals surface area contributed by atoms with E-state index in [0.717, 1.165) is 21.5 Å². The molecule has 1 atom stereocenters. The third-order valence-electron chi connectivity index (χ3n) is 9.21. The van der Waals surface area contributed by atoms with Crippen LogP contribution in [0, 0.1) is 0 Å². The van der Waals surface area contributed by atoms with E-state index in [4.69, 9.17) is 4.74 Å². The lowest BCUT2D eigenvalue weighted by Crippen LogP contribution is -2.63. The molecular weight excluding hydrogens is 631 g/mol. The molecule has 3 aromatic rings. The summed E-state index contributed by atoms with van der Waals surface area (Å²) in [5, 5.41) is 7.68. The molecule has 0 radical (unpaired) electrons. The van der Waals surface area contributed by atoms with Crippen molar-refractivity contribution in [3.8, 4) is 0 Å². The highest BCUT2D eigenvalue weighted by Gasteiger charge is 2.55. The summed E-state index contributed by atoms with van der Waals surface area (Å²) in [6.07, 6.45) is -3.65. The second kappa shape index (κ2) is 12.3. The first-order valence-electron chi connectivity index (χ1n) is 15.8. The van der Waals surface area contributed by atoms with Gasteiger partial charge in [0.1, 0.15) is 23.7 Å². The highest BCUT2D eigenvalue weighted by atomic mass is 19.4. The van der Waals surface area contributed by atoms with Gasteiger partial charge in [0, 0.05) is 42.8 Å². The maximum atomic E-state index is 14.2. The van der Waals surface area contributed by atoms with Gasteiger partial charge in [0.05, 0.1) is 24.9 Å². The number of halogens is 3. The standard InChI is InChI=1S/C33H38F3N7O5/c1-31(2,3)48-30(47)42-16-15-40(19-26(42)33(34,35)36)27(44)20-41-21-43(24-7-5-4-6-8-24)32(29(41)46)11-13-39(14-12-32)28(45)22-9-10-25-23(17-22)18-37-38-25/h4-10,17-18,26H,11-16,19-21H2,1-3H3,(H,37,38). The number of carbonyl (C=O) groups excluding carboxylic acids is 4. The van der Waals surface area contributed by atoms with Crippen LogP contribution in [0.5, 0.6) is 0 Å². The monoisotopic (exact) mass is 669 g/mol. The van der Waals surface area contributed by atoms with Crippen molar-refractivity contribution in [3.63, 3.8) is 0 Å². The number of fused-ring (bicyclic) bond motifs is 1. The van der Waals surface area contributed by atoms with Crippen molar-refractivity contribution in [2.45, 2.75) is 57.0 Å². The van der Waals surface area contributed by atoms with Crippen molar-refractivity contribution in [3.05, 3.63) is 60.3 Å². The largest absolute Gasteiger partial charge is 0.444 e. The number of piperazine rings is 1. The molecule has 3 aliphatic heterocycles. The zero-order chi connectivity index (χ0) is 34.4. The van der Waals surface area contributed by atoms with Gasteiger partial charge in [-0.1, -0.05) is 18.2 Å². The molecule has 256 valence electrons. The van der Waals surface area contributed by atoms with Gasteiger partial charge in [-0.25, -0.2) is 4.79 Å². The van der Waals surface area contributed by atoms with Crippen molar-refractivity contribution in [1.29, 1.82) is 0 Å². The van der Waals surface area contributed by atoms with Crippen LogP contribution in [0.3, 0.4) is 0 Å². The van der Waals surface area contributed by atoms with Crippen LogP contribution in [0.2, 0.25) is 0 Å². The number of anilines is 1. The van der Waals surface area contributed by atoms with Gasteiger partial charge in [-0.15, -0.1) is 0 Å². The number of piperidine rings is 1. The van der Waals surface area contributed by atoms with E-state index in [0.29, 0.717) is 36.4 Å². The number of hydrogen-bond acceptors (Lipinski definition) is 7. The van der Waals surface area contributed by atoms with E-state index in [1.54, 1.807) is 50.1 Å². The van der Waals surface area contributed by atoms with E-state index < -0.39 is 48.4 Å². The zero-order valence-electron chi connectivity index (χ0n) is 27.0. The smallest absolute Gasteiger partial charge is 0.410 e. The summed E-state index contributed by atoms with van der Waals surface area (Å²) in [6.45, 7) is 3.64. The Morgan fingerprint density at radius 3 is 2.35 bits per heavy atom. The molecule has 0 aliphatic carbocycles. The summed E-state index contributed by atoms with van der Waals surface area (Å²) in [4.78, 5) is 60.5. The van der Waals surface area contributed by atoms with Crippen LogP contribution in [0.15, 0.2) is 54.7 Å². The molecule has 2 aromatic carbocycles. The minimum Gasteiger partial charge on any atom is -0.444 e. The third kappa shape index (κ3) is 6.37. The van der Waals surface area contributed by atoms with E-state index >= 15 is 0 Å². The van der Waals surface area contributed by atoms with Gasteiger partial charge in [-0.05, 0) is 63.9 Å². The SMILES string of the molecule is CC(C)(C)OC(=O)N1CCN(C(=O)CN2CN(c3ccccc3)C3(CCN(C(=O)c4ccc5[nH]ncc5c4)CC3)C2=O)CC1C(F)(F)F. The molecule has 0 saturated carbocycles. The number of carbonyl (C=O) groups is 4. The molecule has 3 aliphatic rings. The quantitative estimate of drug-likeness (QED) is 0.448. The van der Waals surface area contributed by atoms with E-state index in [2.05, 4.69) is 10.2 Å². The van der Waals surface area contributed by atoms with Crippen LogP contribution in [-0.4, -0.2) is 123 Å². The van der Waals surface area contributed by atoms with Gasteiger partial charge in [0.25, 0.3) is 11.8 Å². The van der Waals surface area contributed by atoms with Crippen LogP contribution >= 0.6 is 0 Å². The molecule has 3 fully saturated rings. The van der Waals surface area contributed by atoms with E-state index in [-0.39, 0.29) is 31.6 Å². The normalized spacial score (nSPS) is 20.2. The Bertz CT molecular complexity index is 1700. The summed E-state index contributed by atoms with van der Waals surface area (Å²) < 4.78 is 47.6. The molecule has 4 heterocycles. The van der Waals surface area contributed by atoms with Crippen molar-refractivity contribution >= 4 is 40.4 Å². The Balaban J connectivity index is 1.17. The second-order valence-electron chi connectivity index (χ2n) is 13.5. The fourth-order valence-electron chi connectivity index (χ4n) is 6.75. The highest BCUT2D eigenvalue weighted by molar-refractivity contribution is 5.99. The lowest BCUT2D eigenvalue weighted by atomic mass is 9.85. The van der Waals surface area contributed by atoms with Gasteiger partial charge >= 0.3 is 12.3 Å². The van der Waals surface area contributed by atoms with Crippen molar-refractivity contribution in [2.24, 2.45) is 0 Å². The molecule has 1 unspecified atom stereocenters. The first kappa shape index (κ1) is 33.1. The molecule has 12 nitrogen and oxygen atoms in total. The second-order valence-corrected chi connectivity index (χ2v) is 13.5. The molecular formula is C33H38F3N7O5. The molecule has 1 aromatic heterocycles. The first-order valence-corrected chi connectivity index (χ1v) is 15.8. The molecule has 48 heavy (non-hydrogen) atoms. The lowest BCUT2D eigenvalue weighted by molar-refractivity contribution is -0.194. The number of H-pyrrole nitrogens is 1. The van der Waals surface area contributed by atoms with Crippen LogP contribution in [0.1, 0.15) is 44.0 Å². The Morgan fingerprint density at radius 2 is 1.69 bits per heavy atom. The fraction of sp³-hybridized carbons (Fsp3) is 0.485. The predicted octanol–water partition coefficient (Wildman–Crippen LogP) is 3.85. The number of amides is 4. The topological polar surface area (TPSA) is 122 Å². The van der Waals surface area contributed by atoms with E-state index in [9.17, 15) is 32.3 Å². The number of likely N-dealkylation sites (tertiary alicyclic amines) is 1. The van der Waals surface area contributed by atoms with Gasteiger partial charge in [0.2, 0.25) is 5.91 Å². The highest BCUT2D eigenvalue weighted by Crippen LogP contribution is 2.40. The van der Waals surface area contributed by atoms with Gasteiger partial charge in [0.15, 0.2) is 0 Å². The first-order chi connectivity index (χ1) is 22.7. The Hall–Kier alpha value is -4.82. The van der Waals surface area contributed by atoms with Gasteiger partial charge in [-0.2, -0.15) is 18.3 Å². The molecule has 4 amide bonds. The molecule has 6 rings (SSSR count). The van der Waals surface area contributed by atoms with Crippen molar-refractivity contribution < 1.29 is 37.1 Å². The molecule has 1 N–H and O–H groups in total. The maximum absolute atomic E-state index is 14.2.